The zero-order valence-electron chi connectivity index (χ0n) is 15.9. The summed E-state index contributed by atoms with van der Waals surface area (Å²) in [5.41, 5.74) is 4.16. The average Bonchev–Trinajstić information content (AvgIpc) is 3.38. The highest BCUT2D eigenvalue weighted by Crippen LogP contribution is 2.19. The maximum absolute atomic E-state index is 12.2. The molecule has 0 unspecified atom stereocenters. The van der Waals surface area contributed by atoms with Crippen molar-refractivity contribution in [3.63, 3.8) is 0 Å². The van der Waals surface area contributed by atoms with E-state index in [1.807, 2.05) is 32.2 Å². The molecule has 4 rings (SSSR count). The van der Waals surface area contributed by atoms with E-state index in [-0.39, 0.29) is 5.91 Å². The Balaban J connectivity index is 1.31. The molecule has 0 saturated heterocycles. The van der Waals surface area contributed by atoms with Gasteiger partial charge >= 0.3 is 0 Å². The molecule has 8 nitrogen and oxygen atoms in total. The predicted octanol–water partition coefficient (Wildman–Crippen LogP) is 3.25. The Morgan fingerprint density at radius 2 is 2.04 bits per heavy atom. The van der Waals surface area contributed by atoms with Crippen LogP contribution in [0.5, 0.6) is 0 Å². The Bertz CT molecular complexity index is 1090. The van der Waals surface area contributed by atoms with Gasteiger partial charge in [-0.05, 0) is 38.3 Å². The molecular formula is C20H22N6O2. The lowest BCUT2D eigenvalue weighted by molar-refractivity contribution is -0.116. The lowest BCUT2D eigenvalue weighted by Crippen LogP contribution is -2.13. The third kappa shape index (κ3) is 3.80. The SMILES string of the molecule is Cc1noc(C)c1CCC(=O)Nc1n[nH]c(CCc2c[nH]c3ccccc23)n1. The predicted molar refractivity (Wildman–Crippen MR) is 105 cm³/mol. The van der Waals surface area contributed by atoms with Gasteiger partial charge < -0.3 is 9.51 Å². The molecule has 0 atom stereocenters. The van der Waals surface area contributed by atoms with Gasteiger partial charge in [0.1, 0.15) is 11.6 Å². The van der Waals surface area contributed by atoms with Crippen molar-refractivity contribution in [2.45, 2.75) is 39.5 Å². The van der Waals surface area contributed by atoms with E-state index in [2.05, 4.69) is 42.8 Å². The third-order valence-corrected chi connectivity index (χ3v) is 4.87. The molecule has 0 radical (unpaired) electrons. The number of aromatic nitrogens is 5. The maximum Gasteiger partial charge on any atom is 0.248 e. The first-order chi connectivity index (χ1) is 13.6. The molecule has 3 N–H and O–H groups in total. The first kappa shape index (κ1) is 18.0. The third-order valence-electron chi connectivity index (χ3n) is 4.87. The number of aromatic amines is 2. The molecule has 144 valence electrons. The minimum atomic E-state index is -0.137. The number of carbonyl (C=O) groups excluding carboxylic acids is 1. The van der Waals surface area contributed by atoms with Crippen molar-refractivity contribution in [3.8, 4) is 0 Å². The highest BCUT2D eigenvalue weighted by atomic mass is 16.5. The topological polar surface area (TPSA) is 112 Å². The fourth-order valence-corrected chi connectivity index (χ4v) is 3.34. The van der Waals surface area contributed by atoms with Gasteiger partial charge in [-0.1, -0.05) is 23.4 Å². The molecule has 0 bridgehead atoms. The van der Waals surface area contributed by atoms with Gasteiger partial charge in [0.15, 0.2) is 0 Å². The van der Waals surface area contributed by atoms with Gasteiger partial charge in [0.05, 0.1) is 5.69 Å². The fraction of sp³-hybridized carbons (Fsp3) is 0.300. The minimum absolute atomic E-state index is 0.137. The Morgan fingerprint density at radius 3 is 2.86 bits per heavy atom. The molecule has 1 amide bonds. The van der Waals surface area contributed by atoms with E-state index in [0.29, 0.717) is 25.2 Å². The van der Waals surface area contributed by atoms with Crippen LogP contribution in [0.1, 0.15) is 34.8 Å². The van der Waals surface area contributed by atoms with Gasteiger partial charge in [0, 0.05) is 35.5 Å². The van der Waals surface area contributed by atoms with Crippen LogP contribution >= 0.6 is 0 Å². The monoisotopic (exact) mass is 378 g/mol. The van der Waals surface area contributed by atoms with Crippen LogP contribution in [0.4, 0.5) is 5.95 Å². The number of fused-ring (bicyclic) bond motifs is 1. The van der Waals surface area contributed by atoms with E-state index in [1.165, 1.54) is 10.9 Å². The van der Waals surface area contributed by atoms with Crippen LogP contribution < -0.4 is 5.32 Å². The molecule has 3 aromatic heterocycles. The molecule has 8 heteroatoms. The van der Waals surface area contributed by atoms with Gasteiger partial charge in [-0.2, -0.15) is 4.98 Å². The molecule has 3 heterocycles. The number of hydrogen-bond acceptors (Lipinski definition) is 5. The van der Waals surface area contributed by atoms with E-state index in [4.69, 9.17) is 4.52 Å². The quantitative estimate of drug-likeness (QED) is 0.457. The normalized spacial score (nSPS) is 11.2. The Kier molecular flexibility index (Phi) is 4.92. The summed E-state index contributed by atoms with van der Waals surface area (Å²) in [6.07, 6.45) is 4.47. The number of aryl methyl sites for hydroxylation is 4. The second kappa shape index (κ2) is 7.67. The zero-order valence-corrected chi connectivity index (χ0v) is 15.9. The number of para-hydroxylation sites is 1. The number of carbonyl (C=O) groups is 1. The smallest absolute Gasteiger partial charge is 0.248 e. The van der Waals surface area contributed by atoms with Crippen molar-refractivity contribution in [2.75, 3.05) is 5.32 Å². The number of nitrogens with one attached hydrogen (secondary N) is 3. The molecule has 0 aliphatic carbocycles. The lowest BCUT2D eigenvalue weighted by atomic mass is 10.1. The molecule has 1 aromatic carbocycles. The average molecular weight is 378 g/mol. The van der Waals surface area contributed by atoms with Crippen molar-refractivity contribution < 1.29 is 9.32 Å². The Morgan fingerprint density at radius 1 is 1.18 bits per heavy atom. The second-order valence-electron chi connectivity index (χ2n) is 6.82. The van der Waals surface area contributed by atoms with Crippen molar-refractivity contribution in [1.82, 2.24) is 25.3 Å². The molecule has 28 heavy (non-hydrogen) atoms. The molecule has 0 fully saturated rings. The summed E-state index contributed by atoms with van der Waals surface area (Å²) in [6, 6.07) is 8.21. The van der Waals surface area contributed by atoms with E-state index < -0.39 is 0 Å². The van der Waals surface area contributed by atoms with Gasteiger partial charge in [-0.25, -0.2) is 0 Å². The number of hydrogen-bond donors (Lipinski definition) is 3. The van der Waals surface area contributed by atoms with Gasteiger partial charge in [0.2, 0.25) is 11.9 Å². The van der Waals surface area contributed by atoms with Crippen LogP contribution in [0.25, 0.3) is 10.9 Å². The van der Waals surface area contributed by atoms with E-state index in [0.717, 1.165) is 34.8 Å². The van der Waals surface area contributed by atoms with Crippen molar-refractivity contribution in [1.29, 1.82) is 0 Å². The van der Waals surface area contributed by atoms with Gasteiger partial charge in [-0.3, -0.25) is 15.2 Å². The first-order valence-corrected chi connectivity index (χ1v) is 9.28. The van der Waals surface area contributed by atoms with Crippen molar-refractivity contribution in [3.05, 3.63) is 58.9 Å². The number of anilines is 1. The summed E-state index contributed by atoms with van der Waals surface area (Å²) < 4.78 is 5.12. The molecular weight excluding hydrogens is 356 g/mol. The number of amides is 1. The minimum Gasteiger partial charge on any atom is -0.361 e. The van der Waals surface area contributed by atoms with Crippen LogP contribution in [-0.2, 0) is 24.1 Å². The summed E-state index contributed by atoms with van der Waals surface area (Å²) in [6.45, 7) is 3.72. The zero-order chi connectivity index (χ0) is 19.5. The summed E-state index contributed by atoms with van der Waals surface area (Å²) >= 11 is 0. The summed E-state index contributed by atoms with van der Waals surface area (Å²) in [5, 5.41) is 14.8. The summed E-state index contributed by atoms with van der Waals surface area (Å²) in [5.74, 6) is 1.66. The maximum atomic E-state index is 12.2. The van der Waals surface area contributed by atoms with Gasteiger partial charge in [0.25, 0.3) is 0 Å². The van der Waals surface area contributed by atoms with E-state index >= 15 is 0 Å². The van der Waals surface area contributed by atoms with Crippen LogP contribution in [0, 0.1) is 13.8 Å². The lowest BCUT2D eigenvalue weighted by Gasteiger charge is -2.01. The highest BCUT2D eigenvalue weighted by Gasteiger charge is 2.13. The van der Waals surface area contributed by atoms with Crippen LogP contribution in [0.3, 0.4) is 0 Å². The molecule has 4 aromatic rings. The van der Waals surface area contributed by atoms with Crippen molar-refractivity contribution >= 4 is 22.8 Å². The molecule has 0 aliphatic heterocycles. The number of benzene rings is 1. The number of rotatable bonds is 7. The van der Waals surface area contributed by atoms with Crippen LogP contribution in [-0.4, -0.2) is 31.2 Å². The first-order valence-electron chi connectivity index (χ1n) is 9.28. The number of H-pyrrole nitrogens is 2. The number of nitrogens with zero attached hydrogens (tertiary/aromatic N) is 3. The summed E-state index contributed by atoms with van der Waals surface area (Å²) in [4.78, 5) is 19.8. The molecule has 0 aliphatic rings. The Hall–Kier alpha value is -3.42. The van der Waals surface area contributed by atoms with E-state index in [9.17, 15) is 4.79 Å². The largest absolute Gasteiger partial charge is 0.361 e. The fourth-order valence-electron chi connectivity index (χ4n) is 3.34. The Labute approximate surface area is 161 Å². The standard InChI is InChI=1S/C20H22N6O2/c1-12-15(13(2)28-26-12)8-10-19(27)23-20-22-18(24-25-20)9-7-14-11-21-17-6-4-3-5-16(14)17/h3-6,11,21H,7-10H2,1-2H3,(H2,22,23,24,25,27). The molecule has 0 saturated carbocycles. The summed E-state index contributed by atoms with van der Waals surface area (Å²) in [7, 11) is 0. The van der Waals surface area contributed by atoms with Crippen LogP contribution in [0.15, 0.2) is 35.0 Å². The van der Waals surface area contributed by atoms with Gasteiger partial charge in [-0.15, -0.1) is 5.10 Å². The second-order valence-corrected chi connectivity index (χ2v) is 6.82. The van der Waals surface area contributed by atoms with Crippen molar-refractivity contribution in [2.24, 2.45) is 0 Å². The molecule has 0 spiro atoms. The van der Waals surface area contributed by atoms with Crippen LogP contribution in [0.2, 0.25) is 0 Å². The van der Waals surface area contributed by atoms with E-state index in [1.54, 1.807) is 0 Å². The highest BCUT2D eigenvalue weighted by molar-refractivity contribution is 5.89.